The molecule has 2 nitrogen and oxygen atoms in total. The molecular formula is C12H20N2S. The zero-order valence-corrected chi connectivity index (χ0v) is 10.4. The molecule has 1 aliphatic carbocycles. The summed E-state index contributed by atoms with van der Waals surface area (Å²) in [5.41, 5.74) is 0. The number of aryl methyl sites for hydroxylation is 1. The summed E-state index contributed by atoms with van der Waals surface area (Å²) >= 11 is 1.85. The van der Waals surface area contributed by atoms with Gasteiger partial charge in [-0.25, -0.2) is 4.98 Å². The Morgan fingerprint density at radius 1 is 1.53 bits per heavy atom. The van der Waals surface area contributed by atoms with Crippen LogP contribution in [0.15, 0.2) is 6.20 Å². The highest BCUT2D eigenvalue weighted by Crippen LogP contribution is 2.37. The Kier molecular flexibility index (Phi) is 3.76. The maximum atomic E-state index is 4.37. The summed E-state index contributed by atoms with van der Waals surface area (Å²) in [6.07, 6.45) is 7.64. The second-order valence-corrected chi connectivity index (χ2v) is 5.63. The molecular weight excluding hydrogens is 204 g/mol. The molecule has 1 aromatic rings. The molecule has 0 bridgehead atoms. The van der Waals surface area contributed by atoms with E-state index in [0.717, 1.165) is 12.5 Å². The molecule has 1 atom stereocenters. The fraction of sp³-hybridized carbons (Fsp3) is 0.750. The van der Waals surface area contributed by atoms with Gasteiger partial charge in [0.05, 0.1) is 5.01 Å². The van der Waals surface area contributed by atoms with Crippen molar-refractivity contribution < 1.29 is 0 Å². The second-order valence-electron chi connectivity index (χ2n) is 4.36. The monoisotopic (exact) mass is 224 g/mol. The van der Waals surface area contributed by atoms with Crippen LogP contribution in [0, 0.1) is 12.8 Å². The van der Waals surface area contributed by atoms with Crippen molar-refractivity contribution in [2.45, 2.75) is 45.6 Å². The van der Waals surface area contributed by atoms with Crippen LogP contribution in [0.25, 0.3) is 0 Å². The van der Waals surface area contributed by atoms with E-state index >= 15 is 0 Å². The minimum atomic E-state index is 0.559. The highest BCUT2D eigenvalue weighted by atomic mass is 32.1. The largest absolute Gasteiger partial charge is 0.309 e. The first-order valence-corrected chi connectivity index (χ1v) is 6.78. The number of hydrogen-bond acceptors (Lipinski definition) is 3. The van der Waals surface area contributed by atoms with Crippen LogP contribution in [-0.4, -0.2) is 11.5 Å². The van der Waals surface area contributed by atoms with Crippen LogP contribution in [0.3, 0.4) is 0 Å². The van der Waals surface area contributed by atoms with Crippen molar-refractivity contribution in [3.63, 3.8) is 0 Å². The molecule has 1 saturated carbocycles. The average molecular weight is 224 g/mol. The van der Waals surface area contributed by atoms with Crippen LogP contribution in [0.4, 0.5) is 0 Å². The lowest BCUT2D eigenvalue weighted by Gasteiger charge is -2.22. The lowest BCUT2D eigenvalue weighted by molar-refractivity contribution is 0.379. The molecule has 0 amide bonds. The first kappa shape index (κ1) is 11.1. The first-order chi connectivity index (χ1) is 7.31. The number of aromatic nitrogens is 1. The Hall–Kier alpha value is -0.410. The van der Waals surface area contributed by atoms with Crippen molar-refractivity contribution in [1.82, 2.24) is 10.3 Å². The molecule has 1 unspecified atom stereocenters. The highest BCUT2D eigenvalue weighted by Gasteiger charge is 2.26. The third-order valence-electron chi connectivity index (χ3n) is 3.24. The SMILES string of the molecule is CCNC(c1cnc(C)s1)C1CCCC1. The number of nitrogens with zero attached hydrogens (tertiary/aromatic N) is 1. The Bertz CT molecular complexity index is 302. The molecule has 2 rings (SSSR count). The molecule has 0 radical (unpaired) electrons. The van der Waals surface area contributed by atoms with Gasteiger partial charge in [0.15, 0.2) is 0 Å². The zero-order valence-electron chi connectivity index (χ0n) is 9.62. The van der Waals surface area contributed by atoms with E-state index in [-0.39, 0.29) is 0 Å². The number of hydrogen-bond donors (Lipinski definition) is 1. The van der Waals surface area contributed by atoms with Gasteiger partial charge in [-0.05, 0) is 32.2 Å². The summed E-state index contributed by atoms with van der Waals surface area (Å²) < 4.78 is 0. The van der Waals surface area contributed by atoms with E-state index in [1.807, 2.05) is 11.3 Å². The Labute approximate surface area is 96.1 Å². The Morgan fingerprint density at radius 2 is 2.27 bits per heavy atom. The van der Waals surface area contributed by atoms with Gasteiger partial charge in [-0.2, -0.15) is 0 Å². The molecule has 0 spiro atoms. The van der Waals surface area contributed by atoms with Crippen LogP contribution in [0.5, 0.6) is 0 Å². The van der Waals surface area contributed by atoms with E-state index in [0.29, 0.717) is 6.04 Å². The quantitative estimate of drug-likeness (QED) is 0.849. The zero-order chi connectivity index (χ0) is 10.7. The van der Waals surface area contributed by atoms with Crippen LogP contribution < -0.4 is 5.32 Å². The fourth-order valence-corrected chi connectivity index (χ4v) is 3.49. The van der Waals surface area contributed by atoms with Gasteiger partial charge in [0, 0.05) is 17.1 Å². The molecule has 0 saturated heterocycles. The maximum Gasteiger partial charge on any atom is 0.0897 e. The first-order valence-electron chi connectivity index (χ1n) is 5.97. The molecule has 0 aliphatic heterocycles. The van der Waals surface area contributed by atoms with Crippen LogP contribution >= 0.6 is 11.3 Å². The summed E-state index contributed by atoms with van der Waals surface area (Å²) in [6, 6.07) is 0.559. The molecule has 3 heteroatoms. The predicted molar refractivity (Wildman–Crippen MR) is 65.2 cm³/mol. The molecule has 1 aromatic heterocycles. The summed E-state index contributed by atoms with van der Waals surface area (Å²) in [6.45, 7) is 5.33. The molecule has 1 fully saturated rings. The van der Waals surface area contributed by atoms with Crippen molar-refractivity contribution in [3.8, 4) is 0 Å². The maximum absolute atomic E-state index is 4.37. The minimum absolute atomic E-state index is 0.559. The third kappa shape index (κ3) is 2.58. The van der Waals surface area contributed by atoms with Crippen LogP contribution in [-0.2, 0) is 0 Å². The topological polar surface area (TPSA) is 24.9 Å². The molecule has 15 heavy (non-hydrogen) atoms. The van der Waals surface area contributed by atoms with E-state index in [4.69, 9.17) is 0 Å². The number of rotatable bonds is 4. The van der Waals surface area contributed by atoms with Crippen LogP contribution in [0.1, 0.15) is 48.5 Å². The minimum Gasteiger partial charge on any atom is -0.309 e. The molecule has 1 aliphatic rings. The van der Waals surface area contributed by atoms with Crippen molar-refractivity contribution in [2.75, 3.05) is 6.54 Å². The smallest absolute Gasteiger partial charge is 0.0897 e. The van der Waals surface area contributed by atoms with Crippen molar-refractivity contribution in [1.29, 1.82) is 0 Å². The van der Waals surface area contributed by atoms with Crippen molar-refractivity contribution in [3.05, 3.63) is 16.1 Å². The predicted octanol–water partition coefficient (Wildman–Crippen LogP) is 3.29. The van der Waals surface area contributed by atoms with Gasteiger partial charge in [0.2, 0.25) is 0 Å². The van der Waals surface area contributed by atoms with Gasteiger partial charge in [0.1, 0.15) is 0 Å². The van der Waals surface area contributed by atoms with Gasteiger partial charge in [0.25, 0.3) is 0 Å². The average Bonchev–Trinajstić information content (AvgIpc) is 2.85. The lowest BCUT2D eigenvalue weighted by atomic mass is 9.97. The molecule has 84 valence electrons. The van der Waals surface area contributed by atoms with Gasteiger partial charge in [-0.1, -0.05) is 19.8 Å². The highest BCUT2D eigenvalue weighted by molar-refractivity contribution is 7.11. The lowest BCUT2D eigenvalue weighted by Crippen LogP contribution is -2.26. The van der Waals surface area contributed by atoms with E-state index in [1.54, 1.807) is 0 Å². The van der Waals surface area contributed by atoms with E-state index in [1.165, 1.54) is 35.6 Å². The normalized spacial score (nSPS) is 19.6. The van der Waals surface area contributed by atoms with E-state index < -0.39 is 0 Å². The van der Waals surface area contributed by atoms with Gasteiger partial charge >= 0.3 is 0 Å². The van der Waals surface area contributed by atoms with Crippen molar-refractivity contribution in [2.24, 2.45) is 5.92 Å². The molecule has 1 N–H and O–H groups in total. The van der Waals surface area contributed by atoms with E-state index in [2.05, 4.69) is 30.3 Å². The standard InChI is InChI=1S/C12H20N2S/c1-3-13-12(10-6-4-5-7-10)11-8-14-9(2)15-11/h8,10,12-13H,3-7H2,1-2H3. The summed E-state index contributed by atoms with van der Waals surface area (Å²) in [7, 11) is 0. The Morgan fingerprint density at radius 3 is 2.80 bits per heavy atom. The van der Waals surface area contributed by atoms with Gasteiger partial charge in [-0.3, -0.25) is 0 Å². The third-order valence-corrected chi connectivity index (χ3v) is 4.24. The van der Waals surface area contributed by atoms with Gasteiger partial charge < -0.3 is 5.32 Å². The fourth-order valence-electron chi connectivity index (χ4n) is 2.53. The molecule has 0 aromatic carbocycles. The van der Waals surface area contributed by atoms with Crippen molar-refractivity contribution >= 4 is 11.3 Å². The summed E-state index contributed by atoms with van der Waals surface area (Å²) in [5, 5.41) is 4.81. The van der Waals surface area contributed by atoms with Crippen LogP contribution in [0.2, 0.25) is 0 Å². The number of nitrogens with one attached hydrogen (secondary N) is 1. The van der Waals surface area contributed by atoms with E-state index in [9.17, 15) is 0 Å². The summed E-state index contributed by atoms with van der Waals surface area (Å²) in [5.74, 6) is 0.838. The van der Waals surface area contributed by atoms with Gasteiger partial charge in [-0.15, -0.1) is 11.3 Å². The Balaban J connectivity index is 2.11. The summed E-state index contributed by atoms with van der Waals surface area (Å²) in [4.78, 5) is 5.80. The second kappa shape index (κ2) is 5.08. The molecule has 1 heterocycles. The number of thiazole rings is 1.